The van der Waals surface area contributed by atoms with E-state index in [2.05, 4.69) is 0 Å². The maximum atomic E-state index is 7.54. The highest BCUT2D eigenvalue weighted by molar-refractivity contribution is 5.52. The maximum absolute atomic E-state index is 7.54. The van der Waals surface area contributed by atoms with Gasteiger partial charge < -0.3 is 0 Å². The molecule has 0 aliphatic rings. The Kier molecular flexibility index (Phi) is 2.32. The van der Waals surface area contributed by atoms with E-state index in [1.807, 2.05) is 0 Å². The van der Waals surface area contributed by atoms with Gasteiger partial charge in [-0.3, -0.25) is 0 Å². The second-order valence-electron chi connectivity index (χ2n) is 0.403. The third-order valence-corrected chi connectivity index (χ3v) is 0.129. The summed E-state index contributed by atoms with van der Waals surface area (Å²) in [6.45, 7) is 0. The second-order valence-corrected chi connectivity index (χ2v) is 0.403. The Morgan fingerprint density at radius 2 is 2.20 bits per heavy atom. The Morgan fingerprint density at radius 1 is 1.60 bits per heavy atom. The molecule has 0 aliphatic carbocycles. The van der Waals surface area contributed by atoms with Crippen LogP contribution in [0.1, 0.15) is 0 Å². The van der Waals surface area contributed by atoms with Gasteiger partial charge in [0.05, 0.1) is 6.08 Å². The van der Waals surface area contributed by atoms with Crippen LogP contribution in [0.5, 0.6) is 0 Å². The predicted octanol–water partition coefficient (Wildman–Crippen LogP) is -0.464. The average Bonchev–Trinajstić information content (AvgIpc) is 1.41. The molecule has 2 heteroatoms. The molecule has 0 saturated carbocycles. The molecule has 0 atom stereocenters. The molecule has 0 rings (SSSR count). The molecule has 0 aromatic carbocycles. The molecular formula is C3HN2. The normalized spacial score (nSPS) is 3.80. The Hall–Kier alpha value is -1.06. The van der Waals surface area contributed by atoms with Crippen LogP contribution < -0.4 is 5.41 Å². The largest absolute Gasteiger partial charge is 0.192 e. The van der Waals surface area contributed by atoms with Crippen molar-refractivity contribution in [1.29, 1.82) is 5.26 Å². The molecule has 0 aliphatic heterocycles. The molecule has 0 saturated heterocycles. The molecule has 1 radical (unpaired) electrons. The van der Waals surface area contributed by atoms with Gasteiger partial charge in [0.2, 0.25) is 0 Å². The van der Waals surface area contributed by atoms with E-state index in [1.165, 1.54) is 11.9 Å². The summed E-state index contributed by atoms with van der Waals surface area (Å²) in [5.41, 5.74) is 0. The molecule has 0 aromatic heterocycles. The third kappa shape index (κ3) is 2.94. The Bertz CT molecular complexity index is 92.0. The molecule has 0 bridgehead atoms. The molecule has 0 fully saturated rings. The maximum Gasteiger partial charge on any atom is 0.101 e. The zero-order valence-electron chi connectivity index (χ0n) is 2.47. The number of hydrogen-bond acceptors (Lipinski definition) is 1. The summed E-state index contributed by atoms with van der Waals surface area (Å²) in [5, 5.41) is 15.1. The van der Waals surface area contributed by atoms with E-state index in [0.29, 0.717) is 0 Å². The van der Waals surface area contributed by atoms with E-state index in [9.17, 15) is 0 Å². The molecular weight excluding hydrogens is 64.0 g/mol. The summed E-state index contributed by atoms with van der Waals surface area (Å²) in [6.07, 6.45) is 0.861. The van der Waals surface area contributed by atoms with E-state index >= 15 is 0 Å². The van der Waals surface area contributed by atoms with Crippen molar-refractivity contribution in [3.05, 3.63) is 6.08 Å². The Morgan fingerprint density at radius 3 is 2.20 bits per heavy atom. The average molecular weight is 65.1 g/mol. The summed E-state index contributed by atoms with van der Waals surface area (Å²) in [4.78, 5) is 0. The van der Waals surface area contributed by atoms with Gasteiger partial charge in [0.15, 0.2) is 0 Å². The van der Waals surface area contributed by atoms with Gasteiger partial charge >= 0.3 is 0 Å². The van der Waals surface area contributed by atoms with E-state index in [1.54, 1.807) is 0 Å². The predicted molar refractivity (Wildman–Crippen MR) is 17.3 cm³/mol. The van der Waals surface area contributed by atoms with Gasteiger partial charge in [0, 0.05) is 5.87 Å². The molecule has 0 heterocycles. The van der Waals surface area contributed by atoms with Crippen molar-refractivity contribution in [2.24, 2.45) is 0 Å². The first kappa shape index (κ1) is 3.94. The fraction of sp³-hybridized carbons (Fsp3) is 0. The van der Waals surface area contributed by atoms with Crippen molar-refractivity contribution in [3.63, 3.8) is 0 Å². The lowest BCUT2D eigenvalue weighted by atomic mass is 10.7. The van der Waals surface area contributed by atoms with Gasteiger partial charge in [-0.25, -0.2) is 0 Å². The molecule has 0 spiro atoms. The van der Waals surface area contributed by atoms with E-state index in [0.717, 1.165) is 6.08 Å². The van der Waals surface area contributed by atoms with Crippen LogP contribution in [0.4, 0.5) is 0 Å². The van der Waals surface area contributed by atoms with Crippen molar-refractivity contribution in [2.75, 3.05) is 0 Å². The molecule has 0 aromatic rings. The van der Waals surface area contributed by atoms with E-state index in [-0.39, 0.29) is 0 Å². The van der Waals surface area contributed by atoms with Crippen molar-refractivity contribution in [2.45, 2.75) is 0 Å². The summed E-state index contributed by atoms with van der Waals surface area (Å²) in [5.74, 6) is 1.53. The highest BCUT2D eigenvalue weighted by atomic mass is 14.3. The van der Waals surface area contributed by atoms with Crippen molar-refractivity contribution in [3.8, 4) is 6.07 Å². The molecule has 5 heavy (non-hydrogen) atoms. The van der Waals surface area contributed by atoms with Crippen LogP contribution in [0, 0.1) is 11.3 Å². The second kappa shape index (κ2) is 2.94. The summed E-state index contributed by atoms with van der Waals surface area (Å²) in [6, 6.07) is 1.53. The number of allylic oxidation sites excluding steroid dienone is 1. The van der Waals surface area contributed by atoms with Gasteiger partial charge in [-0.05, 0) is 0 Å². The molecule has 2 nitrogen and oxygen atoms in total. The van der Waals surface area contributed by atoms with Gasteiger partial charge in [0.25, 0.3) is 0 Å². The number of nitrogens with zero attached hydrogens (tertiary/aromatic N) is 2. The Balaban J connectivity index is 3.46. The zero-order valence-corrected chi connectivity index (χ0v) is 2.47. The quantitative estimate of drug-likeness (QED) is 0.278. The van der Waals surface area contributed by atoms with Gasteiger partial charge in [-0.1, -0.05) is 5.41 Å². The van der Waals surface area contributed by atoms with Crippen LogP contribution in [-0.4, -0.2) is 5.87 Å². The van der Waals surface area contributed by atoms with Crippen molar-refractivity contribution >= 4 is 5.87 Å². The van der Waals surface area contributed by atoms with Crippen molar-refractivity contribution < 1.29 is 0 Å². The summed E-state index contributed by atoms with van der Waals surface area (Å²) < 4.78 is 0. The minimum Gasteiger partial charge on any atom is -0.192 e. The lowest BCUT2D eigenvalue weighted by molar-refractivity contribution is 1.54. The summed E-state index contributed by atoms with van der Waals surface area (Å²) in [7, 11) is 0. The number of rotatable bonds is 0. The molecule has 0 N–H and O–H groups in total. The highest BCUT2D eigenvalue weighted by Crippen LogP contribution is 1.39. The van der Waals surface area contributed by atoms with E-state index < -0.39 is 0 Å². The van der Waals surface area contributed by atoms with Crippen LogP contribution in [0.2, 0.25) is 0 Å². The topological polar surface area (TPSA) is 46.1 Å². The first-order chi connectivity index (χ1) is 2.41. The van der Waals surface area contributed by atoms with Crippen LogP contribution in [0.3, 0.4) is 0 Å². The SMILES string of the molecule is [N]=C=CC#N. The van der Waals surface area contributed by atoms with Gasteiger partial charge in [-0.15, -0.1) is 0 Å². The highest BCUT2D eigenvalue weighted by Gasteiger charge is 1.43. The Labute approximate surface area is 29.9 Å². The smallest absolute Gasteiger partial charge is 0.101 e. The fourth-order valence-electron chi connectivity index (χ4n) is 0.0289. The lowest BCUT2D eigenvalue weighted by Crippen LogP contribution is -1.44. The van der Waals surface area contributed by atoms with Crippen LogP contribution in [-0.2, 0) is 0 Å². The first-order valence-electron chi connectivity index (χ1n) is 1.02. The molecule has 0 unspecified atom stereocenters. The zero-order chi connectivity index (χ0) is 4.12. The minimum absolute atomic E-state index is 0.861. The van der Waals surface area contributed by atoms with Gasteiger partial charge in [-0.2, -0.15) is 5.26 Å². The standard InChI is InChI=1S/C3HN2/c4-2-1-3-5/h1H. The van der Waals surface area contributed by atoms with Crippen molar-refractivity contribution in [1.82, 2.24) is 5.41 Å². The first-order valence-corrected chi connectivity index (χ1v) is 1.02. The monoisotopic (exact) mass is 65.0 g/mol. The summed E-state index contributed by atoms with van der Waals surface area (Å²) >= 11 is 0. The third-order valence-electron chi connectivity index (χ3n) is 0.129. The van der Waals surface area contributed by atoms with Crippen LogP contribution >= 0.6 is 0 Å². The fourth-order valence-corrected chi connectivity index (χ4v) is 0.0289. The van der Waals surface area contributed by atoms with E-state index in [4.69, 9.17) is 10.7 Å². The molecule has 23 valence electrons. The number of hydrogen-bond donors (Lipinski definition) is 0. The number of nitriles is 1. The lowest BCUT2D eigenvalue weighted by Gasteiger charge is -1.33. The minimum atomic E-state index is 0.861. The van der Waals surface area contributed by atoms with Crippen LogP contribution in [0.25, 0.3) is 0 Å². The van der Waals surface area contributed by atoms with Gasteiger partial charge in [0.1, 0.15) is 6.07 Å². The molecule has 0 amide bonds. The van der Waals surface area contributed by atoms with Crippen LogP contribution in [0.15, 0.2) is 6.08 Å².